The molecule has 2 aromatic rings. The fraction of sp³-hybridized carbons (Fsp3) is 0.400. The molecule has 1 aliphatic rings. The summed E-state index contributed by atoms with van der Waals surface area (Å²) in [5.41, 5.74) is 2.57. The molecule has 1 unspecified atom stereocenters. The Bertz CT molecular complexity index is 594. The van der Waals surface area contributed by atoms with Gasteiger partial charge in [0.25, 0.3) is 0 Å². The molecule has 0 aliphatic carbocycles. The number of rotatable bonds is 6. The molecule has 0 saturated carbocycles. The van der Waals surface area contributed by atoms with Crippen LogP contribution < -0.4 is 5.32 Å². The molecule has 1 aliphatic heterocycles. The highest BCUT2D eigenvalue weighted by molar-refractivity contribution is 6.31. The van der Waals surface area contributed by atoms with E-state index in [1.807, 2.05) is 12.1 Å². The van der Waals surface area contributed by atoms with Gasteiger partial charge in [-0.25, -0.2) is 0 Å². The minimum absolute atomic E-state index is 0.354. The van der Waals surface area contributed by atoms with Gasteiger partial charge in [0.15, 0.2) is 0 Å². The average Bonchev–Trinajstić information content (AvgIpc) is 2.61. The highest BCUT2D eigenvalue weighted by atomic mass is 35.5. The van der Waals surface area contributed by atoms with Gasteiger partial charge < -0.3 is 5.32 Å². The molecule has 0 radical (unpaired) electrons. The van der Waals surface area contributed by atoms with Crippen LogP contribution in [0, 0.1) is 0 Å². The first-order valence-corrected chi connectivity index (χ1v) is 8.95. The van der Waals surface area contributed by atoms with Crippen molar-refractivity contribution in [2.24, 2.45) is 0 Å². The highest BCUT2D eigenvalue weighted by Gasteiger charge is 2.23. The number of nitrogens with zero attached hydrogens (tertiary/aromatic N) is 1. The van der Waals surface area contributed by atoms with Gasteiger partial charge in [0.2, 0.25) is 0 Å². The monoisotopic (exact) mass is 328 g/mol. The minimum Gasteiger partial charge on any atom is -0.311 e. The van der Waals surface area contributed by atoms with E-state index in [2.05, 4.69) is 52.7 Å². The Balaban J connectivity index is 1.69. The Labute approximate surface area is 144 Å². The smallest absolute Gasteiger partial charge is 0.0487 e. The summed E-state index contributed by atoms with van der Waals surface area (Å²) in [6.45, 7) is 4.17. The Morgan fingerprint density at radius 3 is 2.35 bits per heavy atom. The van der Waals surface area contributed by atoms with Crippen LogP contribution in [0.25, 0.3) is 0 Å². The van der Waals surface area contributed by atoms with Gasteiger partial charge in [0.05, 0.1) is 0 Å². The number of likely N-dealkylation sites (tertiary alicyclic amines) is 1. The van der Waals surface area contributed by atoms with Crippen LogP contribution in [0.5, 0.6) is 0 Å². The maximum Gasteiger partial charge on any atom is 0.0487 e. The Hall–Kier alpha value is -1.35. The lowest BCUT2D eigenvalue weighted by molar-refractivity contribution is 0.160. The summed E-state index contributed by atoms with van der Waals surface area (Å²) < 4.78 is 0. The predicted octanol–water partition coefficient (Wildman–Crippen LogP) is 4.66. The van der Waals surface area contributed by atoms with Gasteiger partial charge in [-0.1, -0.05) is 66.6 Å². The molecule has 0 spiro atoms. The number of piperidine rings is 1. The molecule has 0 amide bonds. The number of hydrogen-bond donors (Lipinski definition) is 1. The maximum atomic E-state index is 6.48. The van der Waals surface area contributed by atoms with E-state index < -0.39 is 0 Å². The molecule has 23 heavy (non-hydrogen) atoms. The van der Waals surface area contributed by atoms with Gasteiger partial charge in [0.1, 0.15) is 0 Å². The van der Waals surface area contributed by atoms with Crippen molar-refractivity contribution >= 4 is 11.6 Å². The van der Waals surface area contributed by atoms with Crippen LogP contribution in [-0.2, 0) is 6.54 Å². The summed E-state index contributed by atoms with van der Waals surface area (Å²) in [4.78, 5) is 2.59. The first-order valence-electron chi connectivity index (χ1n) is 8.58. The molecule has 122 valence electrons. The van der Waals surface area contributed by atoms with E-state index in [-0.39, 0.29) is 0 Å². The summed E-state index contributed by atoms with van der Waals surface area (Å²) in [5.74, 6) is 0. The SMILES string of the molecule is Clc1ccccc1C(CNCc1ccccc1)N1CCCCC1. The maximum absolute atomic E-state index is 6.48. The van der Waals surface area contributed by atoms with Crippen LogP contribution in [0.15, 0.2) is 54.6 Å². The van der Waals surface area contributed by atoms with E-state index in [4.69, 9.17) is 11.6 Å². The largest absolute Gasteiger partial charge is 0.311 e. The van der Waals surface area contributed by atoms with Crippen LogP contribution in [0.1, 0.15) is 36.4 Å². The summed E-state index contributed by atoms with van der Waals surface area (Å²) in [6, 6.07) is 19.2. The Morgan fingerprint density at radius 1 is 0.913 bits per heavy atom. The third-order valence-electron chi connectivity index (χ3n) is 4.61. The van der Waals surface area contributed by atoms with Crippen molar-refractivity contribution in [1.29, 1.82) is 0 Å². The van der Waals surface area contributed by atoms with Gasteiger partial charge in [-0.15, -0.1) is 0 Å². The number of hydrogen-bond acceptors (Lipinski definition) is 2. The molecular weight excluding hydrogens is 304 g/mol. The molecule has 1 heterocycles. The predicted molar refractivity (Wildman–Crippen MR) is 97.8 cm³/mol. The van der Waals surface area contributed by atoms with E-state index in [0.717, 1.165) is 18.1 Å². The zero-order valence-electron chi connectivity index (χ0n) is 13.5. The van der Waals surface area contributed by atoms with Gasteiger partial charge >= 0.3 is 0 Å². The van der Waals surface area contributed by atoms with Crippen molar-refractivity contribution < 1.29 is 0 Å². The molecule has 2 nitrogen and oxygen atoms in total. The second-order valence-corrected chi connectivity index (χ2v) is 6.66. The molecule has 2 aromatic carbocycles. The quantitative estimate of drug-likeness (QED) is 0.829. The normalized spacial score (nSPS) is 17.1. The lowest BCUT2D eigenvalue weighted by Gasteiger charge is -2.35. The molecule has 0 aromatic heterocycles. The molecule has 0 bridgehead atoms. The van der Waals surface area contributed by atoms with Gasteiger partial charge in [-0.2, -0.15) is 0 Å². The lowest BCUT2D eigenvalue weighted by Crippen LogP contribution is -2.39. The van der Waals surface area contributed by atoms with Crippen molar-refractivity contribution in [2.75, 3.05) is 19.6 Å². The van der Waals surface area contributed by atoms with E-state index in [0.29, 0.717) is 6.04 Å². The molecule has 1 atom stereocenters. The van der Waals surface area contributed by atoms with Crippen molar-refractivity contribution in [2.45, 2.75) is 31.8 Å². The fourth-order valence-corrected chi connectivity index (χ4v) is 3.62. The lowest BCUT2D eigenvalue weighted by atomic mass is 10.0. The Kier molecular flexibility index (Phi) is 6.09. The van der Waals surface area contributed by atoms with Crippen molar-refractivity contribution in [3.63, 3.8) is 0 Å². The summed E-state index contributed by atoms with van der Waals surface area (Å²) in [7, 11) is 0. The number of halogens is 1. The number of benzene rings is 2. The molecule has 1 fully saturated rings. The van der Waals surface area contributed by atoms with Crippen molar-refractivity contribution in [3.8, 4) is 0 Å². The van der Waals surface area contributed by atoms with Crippen molar-refractivity contribution in [1.82, 2.24) is 10.2 Å². The zero-order chi connectivity index (χ0) is 15.9. The average molecular weight is 329 g/mol. The van der Waals surface area contributed by atoms with E-state index in [1.165, 1.54) is 43.5 Å². The van der Waals surface area contributed by atoms with Gasteiger partial charge in [-0.3, -0.25) is 4.90 Å². The van der Waals surface area contributed by atoms with Crippen LogP contribution >= 0.6 is 11.6 Å². The molecule has 1 saturated heterocycles. The fourth-order valence-electron chi connectivity index (χ4n) is 3.36. The van der Waals surface area contributed by atoms with Crippen LogP contribution in [0.4, 0.5) is 0 Å². The molecule has 3 heteroatoms. The van der Waals surface area contributed by atoms with E-state index in [1.54, 1.807) is 0 Å². The summed E-state index contributed by atoms with van der Waals surface area (Å²) in [5, 5.41) is 4.50. The molecule has 1 N–H and O–H groups in total. The zero-order valence-corrected chi connectivity index (χ0v) is 14.3. The second-order valence-electron chi connectivity index (χ2n) is 6.25. The first-order chi connectivity index (χ1) is 11.3. The topological polar surface area (TPSA) is 15.3 Å². The highest BCUT2D eigenvalue weighted by Crippen LogP contribution is 2.29. The second kappa shape index (κ2) is 8.49. The van der Waals surface area contributed by atoms with E-state index in [9.17, 15) is 0 Å². The van der Waals surface area contributed by atoms with Crippen molar-refractivity contribution in [3.05, 3.63) is 70.7 Å². The third-order valence-corrected chi connectivity index (χ3v) is 4.95. The minimum atomic E-state index is 0.354. The molecular formula is C20H25ClN2. The molecule has 3 rings (SSSR count). The van der Waals surface area contributed by atoms with Gasteiger partial charge in [-0.05, 0) is 43.1 Å². The van der Waals surface area contributed by atoms with E-state index >= 15 is 0 Å². The summed E-state index contributed by atoms with van der Waals surface area (Å²) in [6.07, 6.45) is 3.93. The summed E-state index contributed by atoms with van der Waals surface area (Å²) >= 11 is 6.48. The van der Waals surface area contributed by atoms with Crippen LogP contribution in [0.2, 0.25) is 5.02 Å². The third kappa shape index (κ3) is 4.57. The standard InChI is InChI=1S/C20H25ClN2/c21-19-12-6-5-11-18(19)20(23-13-7-2-8-14-23)16-22-15-17-9-3-1-4-10-17/h1,3-6,9-12,20,22H,2,7-8,13-16H2. The number of nitrogens with one attached hydrogen (secondary N) is 1. The first kappa shape index (κ1) is 16.5. The Morgan fingerprint density at radius 2 is 1.61 bits per heavy atom. The van der Waals surface area contributed by atoms with Gasteiger partial charge in [0, 0.05) is 24.2 Å². The van der Waals surface area contributed by atoms with Crippen LogP contribution in [-0.4, -0.2) is 24.5 Å². The van der Waals surface area contributed by atoms with Crippen LogP contribution in [0.3, 0.4) is 0 Å².